The van der Waals surface area contributed by atoms with Crippen molar-refractivity contribution in [1.29, 1.82) is 0 Å². The van der Waals surface area contributed by atoms with Crippen LogP contribution in [0, 0.1) is 0 Å². The Morgan fingerprint density at radius 1 is 0.968 bits per heavy atom. The van der Waals surface area contributed by atoms with Crippen LogP contribution >= 0.6 is 0 Å². The molecule has 1 fully saturated rings. The Bertz CT molecular complexity index is 819. The van der Waals surface area contributed by atoms with E-state index < -0.39 is 0 Å². The fourth-order valence-electron chi connectivity index (χ4n) is 3.63. The van der Waals surface area contributed by atoms with Gasteiger partial charge in [0.05, 0.1) is 39.2 Å². The highest BCUT2D eigenvalue weighted by molar-refractivity contribution is 5.79. The Kier molecular flexibility index (Phi) is 8.07. The molecular formula is C23H32N4O4. The van der Waals surface area contributed by atoms with E-state index in [4.69, 9.17) is 23.6 Å². The van der Waals surface area contributed by atoms with E-state index in [2.05, 4.69) is 15.5 Å². The molecule has 168 valence electrons. The Labute approximate surface area is 183 Å². The summed E-state index contributed by atoms with van der Waals surface area (Å²) < 4.78 is 22.6. The number of benzene rings is 1. The number of rotatable bonds is 8. The highest BCUT2D eigenvalue weighted by atomic mass is 16.5. The molecule has 2 aliphatic heterocycles. The number of aliphatic imine (C=N–C) groups is 1. The molecule has 0 radical (unpaired) electrons. The van der Waals surface area contributed by atoms with E-state index in [1.54, 1.807) is 6.26 Å². The second-order valence-corrected chi connectivity index (χ2v) is 7.60. The summed E-state index contributed by atoms with van der Waals surface area (Å²) in [6.45, 7) is 7.96. The molecule has 1 aromatic carbocycles. The van der Waals surface area contributed by atoms with E-state index in [0.29, 0.717) is 19.8 Å². The van der Waals surface area contributed by atoms with Crippen molar-refractivity contribution >= 4 is 5.96 Å². The van der Waals surface area contributed by atoms with Gasteiger partial charge in [-0.25, -0.2) is 4.99 Å². The number of hydrogen-bond acceptors (Lipinski definition) is 6. The molecule has 0 atom stereocenters. The molecule has 1 aromatic heterocycles. The van der Waals surface area contributed by atoms with Crippen molar-refractivity contribution in [3.8, 4) is 11.5 Å². The maximum Gasteiger partial charge on any atom is 0.191 e. The maximum atomic E-state index is 5.94. The molecule has 0 bridgehead atoms. The average Bonchev–Trinajstić information content (AvgIpc) is 3.20. The molecule has 0 saturated carbocycles. The molecule has 3 heterocycles. The van der Waals surface area contributed by atoms with Gasteiger partial charge in [0.25, 0.3) is 0 Å². The van der Waals surface area contributed by atoms with Crippen LogP contribution in [0.4, 0.5) is 0 Å². The molecule has 4 rings (SSSR count). The van der Waals surface area contributed by atoms with Crippen LogP contribution in [0.2, 0.25) is 0 Å². The van der Waals surface area contributed by atoms with Crippen molar-refractivity contribution in [3.63, 3.8) is 0 Å². The number of ether oxygens (including phenoxy) is 3. The van der Waals surface area contributed by atoms with Gasteiger partial charge in [0.15, 0.2) is 17.5 Å². The van der Waals surface area contributed by atoms with Gasteiger partial charge < -0.3 is 29.3 Å². The SMILES string of the molecule is c1coc(CCNC(=NCc2cccc3c2OCCCO3)NCCN2CCOCC2)c1. The van der Waals surface area contributed by atoms with Crippen LogP contribution in [0.1, 0.15) is 17.7 Å². The summed E-state index contributed by atoms with van der Waals surface area (Å²) in [5.41, 5.74) is 1.03. The van der Waals surface area contributed by atoms with Crippen molar-refractivity contribution in [3.05, 3.63) is 47.9 Å². The lowest BCUT2D eigenvalue weighted by Crippen LogP contribution is -2.44. The summed E-state index contributed by atoms with van der Waals surface area (Å²) in [5, 5.41) is 6.89. The fraction of sp³-hybridized carbons (Fsp3) is 0.522. The van der Waals surface area contributed by atoms with Gasteiger partial charge in [-0.3, -0.25) is 4.90 Å². The largest absolute Gasteiger partial charge is 0.490 e. The Hall–Kier alpha value is -2.71. The minimum atomic E-state index is 0.514. The number of nitrogens with zero attached hydrogens (tertiary/aromatic N) is 2. The van der Waals surface area contributed by atoms with E-state index in [9.17, 15) is 0 Å². The third kappa shape index (κ3) is 6.63. The number of furan rings is 1. The number of guanidine groups is 1. The quantitative estimate of drug-likeness (QED) is 0.492. The molecule has 2 aromatic rings. The minimum Gasteiger partial charge on any atom is -0.490 e. The summed E-state index contributed by atoms with van der Waals surface area (Å²) in [4.78, 5) is 7.22. The molecular weight excluding hydrogens is 396 g/mol. The summed E-state index contributed by atoms with van der Waals surface area (Å²) in [7, 11) is 0. The smallest absolute Gasteiger partial charge is 0.191 e. The van der Waals surface area contributed by atoms with E-state index in [1.165, 1.54) is 0 Å². The standard InChI is InChI=1S/C23H32N4O4/c1-4-19(22-21(6-1)30-14-3-15-31-22)18-26-23(24-8-7-20-5-2-13-29-20)25-9-10-27-11-16-28-17-12-27/h1-2,4-6,13H,3,7-12,14-18H2,(H2,24,25,26). The van der Waals surface area contributed by atoms with E-state index in [-0.39, 0.29) is 0 Å². The number of hydrogen-bond donors (Lipinski definition) is 2. The molecule has 2 aliphatic rings. The van der Waals surface area contributed by atoms with Gasteiger partial charge >= 0.3 is 0 Å². The summed E-state index contributed by atoms with van der Waals surface area (Å²) in [5.74, 6) is 3.36. The van der Waals surface area contributed by atoms with Crippen molar-refractivity contribution in [2.45, 2.75) is 19.4 Å². The number of morpholine rings is 1. The maximum absolute atomic E-state index is 5.94. The van der Waals surface area contributed by atoms with Crippen LogP contribution in [0.5, 0.6) is 11.5 Å². The second-order valence-electron chi connectivity index (χ2n) is 7.60. The first kappa shape index (κ1) is 21.5. The van der Waals surface area contributed by atoms with Gasteiger partial charge in [0, 0.05) is 51.1 Å². The fourth-order valence-corrected chi connectivity index (χ4v) is 3.63. The molecule has 0 amide bonds. The topological polar surface area (TPSA) is 80.5 Å². The van der Waals surface area contributed by atoms with Gasteiger partial charge in [0.1, 0.15) is 5.76 Å². The van der Waals surface area contributed by atoms with Gasteiger partial charge in [-0.2, -0.15) is 0 Å². The number of para-hydroxylation sites is 1. The molecule has 31 heavy (non-hydrogen) atoms. The predicted molar refractivity (Wildman–Crippen MR) is 119 cm³/mol. The van der Waals surface area contributed by atoms with E-state index in [1.807, 2.05) is 30.3 Å². The zero-order chi connectivity index (χ0) is 21.1. The first-order valence-electron chi connectivity index (χ1n) is 11.1. The third-order valence-electron chi connectivity index (χ3n) is 5.33. The first-order valence-corrected chi connectivity index (χ1v) is 11.1. The monoisotopic (exact) mass is 428 g/mol. The third-order valence-corrected chi connectivity index (χ3v) is 5.33. The number of fused-ring (bicyclic) bond motifs is 1. The molecule has 0 spiro atoms. The van der Waals surface area contributed by atoms with Crippen molar-refractivity contribution in [1.82, 2.24) is 15.5 Å². The van der Waals surface area contributed by atoms with Gasteiger partial charge in [-0.15, -0.1) is 0 Å². The summed E-state index contributed by atoms with van der Waals surface area (Å²) in [6.07, 6.45) is 3.39. The van der Waals surface area contributed by atoms with Crippen molar-refractivity contribution < 1.29 is 18.6 Å². The van der Waals surface area contributed by atoms with Gasteiger partial charge in [-0.05, 0) is 18.2 Å². The lowest BCUT2D eigenvalue weighted by Gasteiger charge is -2.26. The lowest BCUT2D eigenvalue weighted by atomic mass is 10.2. The average molecular weight is 429 g/mol. The van der Waals surface area contributed by atoms with Crippen LogP contribution in [0.25, 0.3) is 0 Å². The minimum absolute atomic E-state index is 0.514. The van der Waals surface area contributed by atoms with Gasteiger partial charge in [-0.1, -0.05) is 12.1 Å². The van der Waals surface area contributed by atoms with Crippen molar-refractivity contribution in [2.75, 3.05) is 59.2 Å². The molecule has 8 heteroatoms. The van der Waals surface area contributed by atoms with Crippen LogP contribution in [-0.2, 0) is 17.7 Å². The van der Waals surface area contributed by atoms with E-state index in [0.717, 1.165) is 87.6 Å². The van der Waals surface area contributed by atoms with E-state index >= 15 is 0 Å². The summed E-state index contributed by atoms with van der Waals surface area (Å²) >= 11 is 0. The number of nitrogens with one attached hydrogen (secondary N) is 2. The second kappa shape index (κ2) is 11.6. The molecule has 0 aliphatic carbocycles. The lowest BCUT2D eigenvalue weighted by molar-refractivity contribution is 0.0389. The first-order chi connectivity index (χ1) is 15.4. The van der Waals surface area contributed by atoms with Gasteiger partial charge in [0.2, 0.25) is 0 Å². The van der Waals surface area contributed by atoms with Crippen LogP contribution in [-0.4, -0.2) is 70.0 Å². The van der Waals surface area contributed by atoms with Crippen LogP contribution in [0.3, 0.4) is 0 Å². The zero-order valence-corrected chi connectivity index (χ0v) is 18.0. The highest BCUT2D eigenvalue weighted by Crippen LogP contribution is 2.33. The van der Waals surface area contributed by atoms with Crippen molar-refractivity contribution in [2.24, 2.45) is 4.99 Å². The molecule has 2 N–H and O–H groups in total. The Morgan fingerprint density at radius 2 is 1.84 bits per heavy atom. The predicted octanol–water partition coefficient (Wildman–Crippen LogP) is 2.05. The van der Waals surface area contributed by atoms with Crippen LogP contribution in [0.15, 0.2) is 46.0 Å². The summed E-state index contributed by atoms with van der Waals surface area (Å²) in [6, 6.07) is 9.89. The zero-order valence-electron chi connectivity index (χ0n) is 18.0. The molecule has 8 nitrogen and oxygen atoms in total. The van der Waals surface area contributed by atoms with Crippen LogP contribution < -0.4 is 20.1 Å². The molecule has 0 unspecified atom stereocenters. The Balaban J connectivity index is 1.36. The highest BCUT2D eigenvalue weighted by Gasteiger charge is 2.14. The Morgan fingerprint density at radius 3 is 2.71 bits per heavy atom. The normalized spacial score (nSPS) is 17.2. The molecule has 1 saturated heterocycles.